The zero-order chi connectivity index (χ0) is 17.7. The van der Waals surface area contributed by atoms with Crippen molar-refractivity contribution in [3.63, 3.8) is 0 Å². The summed E-state index contributed by atoms with van der Waals surface area (Å²) in [4.78, 5) is 11.6. The van der Waals surface area contributed by atoms with Gasteiger partial charge in [0, 0.05) is 0 Å². The van der Waals surface area contributed by atoms with Crippen molar-refractivity contribution in [1.82, 2.24) is 5.48 Å². The molecule has 0 aliphatic heterocycles. The molecule has 1 rings (SSSR count). The summed E-state index contributed by atoms with van der Waals surface area (Å²) in [5, 5.41) is 0. The smallest absolute Gasteiger partial charge is 0.432 e. The van der Waals surface area contributed by atoms with Gasteiger partial charge in [0.05, 0.1) is 4.90 Å². The average Bonchev–Trinajstić information content (AvgIpc) is 2.41. The Morgan fingerprint density at radius 2 is 1.91 bits per heavy atom. The van der Waals surface area contributed by atoms with Crippen LogP contribution >= 0.6 is 0 Å². The largest absolute Gasteiger partial charge is 0.442 e. The van der Waals surface area contributed by atoms with Gasteiger partial charge in [0.2, 0.25) is 0 Å². The van der Waals surface area contributed by atoms with Crippen LogP contribution in [0.1, 0.15) is 51.7 Å². The molecule has 0 saturated heterocycles. The highest BCUT2D eigenvalue weighted by atomic mass is 32.2. The van der Waals surface area contributed by atoms with E-state index in [0.29, 0.717) is 12.0 Å². The second kappa shape index (κ2) is 7.79. The summed E-state index contributed by atoms with van der Waals surface area (Å²) >= 11 is 0. The van der Waals surface area contributed by atoms with Crippen LogP contribution < -0.4 is 5.48 Å². The highest BCUT2D eigenvalue weighted by molar-refractivity contribution is 7.86. The fourth-order valence-corrected chi connectivity index (χ4v) is 2.93. The van der Waals surface area contributed by atoms with Crippen molar-refractivity contribution < 1.29 is 22.2 Å². The topological polar surface area (TPSA) is 81.7 Å². The van der Waals surface area contributed by atoms with Crippen molar-refractivity contribution in [2.45, 2.75) is 64.4 Å². The molecule has 6 nitrogen and oxygen atoms in total. The molecule has 130 valence electrons. The Labute approximate surface area is 138 Å². The zero-order valence-corrected chi connectivity index (χ0v) is 15.1. The normalized spacial score (nSPS) is 12.0. The van der Waals surface area contributed by atoms with Gasteiger partial charge < -0.3 is 4.74 Å². The standard InChI is InChI=1S/C16H25NO5S/c1-6-7-8-13-11-12(2)9-10-14(13)23(19,20)22-17-15(18)21-16(3,4)5/h9-11H,6-8H2,1-5H3,(H,17,18). The van der Waals surface area contributed by atoms with Gasteiger partial charge in [0.15, 0.2) is 0 Å². The third-order valence-electron chi connectivity index (χ3n) is 2.92. The van der Waals surface area contributed by atoms with Crippen molar-refractivity contribution in [3.8, 4) is 0 Å². The van der Waals surface area contributed by atoms with E-state index in [9.17, 15) is 13.2 Å². The van der Waals surface area contributed by atoms with Gasteiger partial charge in [-0.05, 0) is 52.2 Å². The quantitative estimate of drug-likeness (QED) is 0.800. The number of hydroxylamine groups is 1. The van der Waals surface area contributed by atoms with E-state index in [0.717, 1.165) is 18.4 Å². The molecule has 1 aromatic carbocycles. The van der Waals surface area contributed by atoms with Crippen LogP contribution in [-0.2, 0) is 25.6 Å². The zero-order valence-electron chi connectivity index (χ0n) is 14.3. The van der Waals surface area contributed by atoms with Crippen LogP contribution in [0, 0.1) is 6.92 Å². The van der Waals surface area contributed by atoms with Gasteiger partial charge in [0.1, 0.15) is 5.60 Å². The number of unbranched alkanes of at least 4 members (excludes halogenated alkanes) is 1. The highest BCUT2D eigenvalue weighted by Crippen LogP contribution is 2.21. The summed E-state index contributed by atoms with van der Waals surface area (Å²) in [6.07, 6.45) is 1.49. The SMILES string of the molecule is CCCCc1cc(C)ccc1S(=O)(=O)ONC(=O)OC(C)(C)C. The molecule has 0 fully saturated rings. The molecular formula is C16H25NO5S. The van der Waals surface area contributed by atoms with E-state index in [1.54, 1.807) is 26.8 Å². The molecule has 0 saturated carbocycles. The maximum Gasteiger partial charge on any atom is 0.432 e. The second-order valence-electron chi connectivity index (χ2n) is 6.36. The Kier molecular flexibility index (Phi) is 6.58. The van der Waals surface area contributed by atoms with E-state index in [1.165, 1.54) is 6.07 Å². The molecule has 0 aliphatic carbocycles. The first-order chi connectivity index (χ1) is 10.5. The van der Waals surface area contributed by atoms with E-state index in [1.807, 2.05) is 25.4 Å². The van der Waals surface area contributed by atoms with Gasteiger partial charge in [-0.15, -0.1) is 4.28 Å². The second-order valence-corrected chi connectivity index (χ2v) is 7.87. The minimum atomic E-state index is -4.10. The molecule has 7 heteroatoms. The Hall–Kier alpha value is -1.60. The fourth-order valence-electron chi connectivity index (χ4n) is 1.95. The lowest BCUT2D eigenvalue weighted by atomic mass is 10.1. The number of aryl methyl sites for hydroxylation is 2. The fraction of sp³-hybridized carbons (Fsp3) is 0.562. The predicted octanol–water partition coefficient (Wildman–Crippen LogP) is 3.48. The first-order valence-corrected chi connectivity index (χ1v) is 8.98. The van der Waals surface area contributed by atoms with Crippen LogP contribution in [-0.4, -0.2) is 20.1 Å². The van der Waals surface area contributed by atoms with Gasteiger partial charge in [-0.2, -0.15) is 13.9 Å². The van der Waals surface area contributed by atoms with E-state index >= 15 is 0 Å². The first-order valence-electron chi connectivity index (χ1n) is 7.57. The molecule has 23 heavy (non-hydrogen) atoms. The summed E-state index contributed by atoms with van der Waals surface area (Å²) in [6.45, 7) is 8.94. The molecule has 1 N–H and O–H groups in total. The maximum atomic E-state index is 12.3. The summed E-state index contributed by atoms with van der Waals surface area (Å²) in [7, 11) is -4.10. The van der Waals surface area contributed by atoms with Gasteiger partial charge in [-0.1, -0.05) is 31.0 Å². The van der Waals surface area contributed by atoms with E-state index in [2.05, 4.69) is 4.28 Å². The van der Waals surface area contributed by atoms with E-state index in [4.69, 9.17) is 4.74 Å². The Morgan fingerprint density at radius 1 is 1.26 bits per heavy atom. The van der Waals surface area contributed by atoms with E-state index in [-0.39, 0.29) is 4.90 Å². The minimum Gasteiger partial charge on any atom is -0.442 e. The molecule has 0 aliphatic rings. The average molecular weight is 343 g/mol. The Bertz CT molecular complexity index is 647. The number of hydrogen-bond acceptors (Lipinski definition) is 5. The molecule has 0 aromatic heterocycles. The molecule has 0 spiro atoms. The van der Waals surface area contributed by atoms with Gasteiger partial charge in [-0.3, -0.25) is 0 Å². The van der Waals surface area contributed by atoms with Crippen LogP contribution in [0.2, 0.25) is 0 Å². The van der Waals surface area contributed by atoms with Crippen molar-refractivity contribution in [2.75, 3.05) is 0 Å². The molecule has 0 radical (unpaired) electrons. The number of rotatable bonds is 6. The molecule has 1 aromatic rings. The Balaban J connectivity index is 2.89. The van der Waals surface area contributed by atoms with Crippen molar-refractivity contribution >= 4 is 16.2 Å². The lowest BCUT2D eigenvalue weighted by Gasteiger charge is -2.19. The molecule has 1 amide bonds. The number of benzene rings is 1. The Morgan fingerprint density at radius 3 is 2.48 bits per heavy atom. The molecule has 0 unspecified atom stereocenters. The monoisotopic (exact) mass is 343 g/mol. The van der Waals surface area contributed by atoms with Crippen LogP contribution in [0.15, 0.2) is 23.1 Å². The minimum absolute atomic E-state index is 0.0626. The third kappa shape index (κ3) is 6.58. The van der Waals surface area contributed by atoms with E-state index < -0.39 is 21.8 Å². The first kappa shape index (κ1) is 19.4. The lowest BCUT2D eigenvalue weighted by Crippen LogP contribution is -2.34. The van der Waals surface area contributed by atoms with Gasteiger partial charge in [-0.25, -0.2) is 4.79 Å². The highest BCUT2D eigenvalue weighted by Gasteiger charge is 2.23. The summed E-state index contributed by atoms with van der Waals surface area (Å²) < 4.78 is 34.2. The van der Waals surface area contributed by atoms with Crippen LogP contribution in [0.4, 0.5) is 4.79 Å². The van der Waals surface area contributed by atoms with Crippen LogP contribution in [0.5, 0.6) is 0 Å². The molecule has 0 heterocycles. The number of carbonyl (C=O) groups is 1. The molecular weight excluding hydrogens is 318 g/mol. The van der Waals surface area contributed by atoms with Crippen molar-refractivity contribution in [3.05, 3.63) is 29.3 Å². The third-order valence-corrected chi connectivity index (χ3v) is 4.16. The van der Waals surface area contributed by atoms with Gasteiger partial charge >= 0.3 is 16.2 Å². The van der Waals surface area contributed by atoms with Crippen LogP contribution in [0.3, 0.4) is 0 Å². The van der Waals surface area contributed by atoms with Gasteiger partial charge in [0.25, 0.3) is 0 Å². The summed E-state index contributed by atoms with van der Waals surface area (Å²) in [6, 6.07) is 5.00. The summed E-state index contributed by atoms with van der Waals surface area (Å²) in [5.74, 6) is 0. The number of amides is 1. The molecule has 0 atom stereocenters. The number of nitrogens with one attached hydrogen (secondary N) is 1. The van der Waals surface area contributed by atoms with Crippen LogP contribution in [0.25, 0.3) is 0 Å². The number of ether oxygens (including phenoxy) is 1. The number of carbonyl (C=O) groups excluding carboxylic acids is 1. The maximum absolute atomic E-state index is 12.3. The number of hydrogen-bond donors (Lipinski definition) is 1. The van der Waals surface area contributed by atoms with Crippen molar-refractivity contribution in [1.29, 1.82) is 0 Å². The summed E-state index contributed by atoms with van der Waals surface area (Å²) in [5.41, 5.74) is 2.73. The predicted molar refractivity (Wildman–Crippen MR) is 87.4 cm³/mol. The lowest BCUT2D eigenvalue weighted by molar-refractivity contribution is 0.0298. The molecule has 0 bridgehead atoms. The van der Waals surface area contributed by atoms with Crippen molar-refractivity contribution in [2.24, 2.45) is 0 Å².